The largest absolute Gasteiger partial charge is 0.466 e. The van der Waals surface area contributed by atoms with Crippen LogP contribution >= 0.6 is 0 Å². The van der Waals surface area contributed by atoms with Crippen LogP contribution in [0.4, 0.5) is 0 Å². The van der Waals surface area contributed by atoms with E-state index in [-0.39, 0.29) is 5.76 Å². The first kappa shape index (κ1) is 15.0. The molecule has 0 aliphatic carbocycles. The maximum absolute atomic E-state index is 11.4. The van der Waals surface area contributed by atoms with Crippen LogP contribution in [0.5, 0.6) is 0 Å². The number of hydrogen-bond acceptors (Lipinski definition) is 7. The van der Waals surface area contributed by atoms with Crippen LogP contribution in [0.15, 0.2) is 16.8 Å². The normalized spacial score (nSPS) is 15.9. The molecule has 0 aromatic carbocycles. The van der Waals surface area contributed by atoms with E-state index in [2.05, 4.69) is 19.9 Å². The first-order valence-corrected chi connectivity index (χ1v) is 6.01. The number of aliphatic imine (C=N–C) groups is 1. The number of hydrogen-bond donors (Lipinski definition) is 1. The zero-order valence-corrected chi connectivity index (χ0v) is 11.1. The van der Waals surface area contributed by atoms with E-state index < -0.39 is 11.9 Å². The number of methoxy groups -OCH3 is 2. The molecule has 1 aliphatic rings. The molecular weight excluding hydrogens is 252 g/mol. The molecule has 106 valence electrons. The molecule has 1 N–H and O–H groups in total. The Balaban J connectivity index is 2.62. The Labute approximate surface area is 111 Å². The van der Waals surface area contributed by atoms with Gasteiger partial charge in [-0.05, 0) is 12.8 Å². The monoisotopic (exact) mass is 270 g/mol. The standard InChI is InChI=1S/C12H18N2O5/c1-17-11(15)8-9(12(16)18-2)19-14-10-6-4-3-5-7-13-10/h8H,3-7H2,1-2H3,(H,13,14)/b9-8+. The van der Waals surface area contributed by atoms with Crippen molar-refractivity contribution in [3.8, 4) is 0 Å². The molecule has 1 aliphatic heterocycles. The van der Waals surface area contributed by atoms with Crippen LogP contribution in [0.3, 0.4) is 0 Å². The second-order valence-corrected chi connectivity index (χ2v) is 3.87. The summed E-state index contributed by atoms with van der Waals surface area (Å²) in [6, 6.07) is 0. The summed E-state index contributed by atoms with van der Waals surface area (Å²) >= 11 is 0. The van der Waals surface area contributed by atoms with Gasteiger partial charge in [-0.25, -0.2) is 15.1 Å². The van der Waals surface area contributed by atoms with Crippen molar-refractivity contribution in [2.24, 2.45) is 4.99 Å². The summed E-state index contributed by atoms with van der Waals surface area (Å²) < 4.78 is 8.93. The summed E-state index contributed by atoms with van der Waals surface area (Å²) in [7, 11) is 2.40. The summed E-state index contributed by atoms with van der Waals surface area (Å²) in [6.07, 6.45) is 4.80. The molecule has 0 fully saturated rings. The Morgan fingerprint density at radius 2 is 2.00 bits per heavy atom. The molecule has 1 heterocycles. The molecule has 0 aromatic rings. The third kappa shape index (κ3) is 5.41. The lowest BCUT2D eigenvalue weighted by Gasteiger charge is -2.10. The highest BCUT2D eigenvalue weighted by atomic mass is 16.7. The van der Waals surface area contributed by atoms with E-state index in [0.717, 1.165) is 38.3 Å². The molecule has 0 amide bonds. The third-order valence-electron chi connectivity index (χ3n) is 2.49. The van der Waals surface area contributed by atoms with Gasteiger partial charge in [0.1, 0.15) is 5.84 Å². The van der Waals surface area contributed by atoms with Gasteiger partial charge in [0.25, 0.3) is 0 Å². The average molecular weight is 270 g/mol. The number of nitrogens with one attached hydrogen (secondary N) is 1. The number of ether oxygens (including phenoxy) is 2. The van der Waals surface area contributed by atoms with Gasteiger partial charge in [-0.15, -0.1) is 0 Å². The molecule has 0 spiro atoms. The summed E-state index contributed by atoms with van der Waals surface area (Å²) in [6.45, 7) is 0.722. The smallest absolute Gasteiger partial charge is 0.376 e. The second-order valence-electron chi connectivity index (χ2n) is 3.87. The first-order chi connectivity index (χ1) is 9.17. The molecule has 7 heteroatoms. The van der Waals surface area contributed by atoms with Gasteiger partial charge in [-0.1, -0.05) is 6.42 Å². The van der Waals surface area contributed by atoms with Gasteiger partial charge in [-0.3, -0.25) is 4.99 Å². The number of hydroxylamine groups is 1. The van der Waals surface area contributed by atoms with Crippen molar-refractivity contribution in [2.45, 2.75) is 25.7 Å². The average Bonchev–Trinajstić information content (AvgIpc) is 2.70. The van der Waals surface area contributed by atoms with E-state index in [1.807, 2.05) is 0 Å². The van der Waals surface area contributed by atoms with Crippen molar-refractivity contribution in [1.82, 2.24) is 5.48 Å². The molecule has 19 heavy (non-hydrogen) atoms. The number of carbonyl (C=O) groups is 2. The molecule has 0 bridgehead atoms. The maximum atomic E-state index is 11.4. The van der Waals surface area contributed by atoms with Crippen molar-refractivity contribution >= 4 is 17.8 Å². The number of nitrogens with zero attached hydrogens (tertiary/aromatic N) is 1. The Morgan fingerprint density at radius 3 is 2.68 bits per heavy atom. The van der Waals surface area contributed by atoms with Crippen molar-refractivity contribution < 1.29 is 23.9 Å². The molecule has 7 nitrogen and oxygen atoms in total. The molecule has 0 saturated carbocycles. The maximum Gasteiger partial charge on any atom is 0.376 e. The Morgan fingerprint density at radius 1 is 1.21 bits per heavy atom. The first-order valence-electron chi connectivity index (χ1n) is 6.01. The minimum atomic E-state index is -0.771. The van der Waals surface area contributed by atoms with Crippen LogP contribution in [0.2, 0.25) is 0 Å². The van der Waals surface area contributed by atoms with Gasteiger partial charge in [-0.2, -0.15) is 0 Å². The minimum Gasteiger partial charge on any atom is -0.466 e. The van der Waals surface area contributed by atoms with Crippen molar-refractivity contribution in [1.29, 1.82) is 0 Å². The zero-order valence-electron chi connectivity index (χ0n) is 11.1. The number of esters is 2. The molecule has 0 radical (unpaired) electrons. The number of amidine groups is 1. The predicted octanol–water partition coefficient (Wildman–Crippen LogP) is 0.710. The lowest BCUT2D eigenvalue weighted by atomic mass is 10.2. The van der Waals surface area contributed by atoms with Gasteiger partial charge >= 0.3 is 11.9 Å². The van der Waals surface area contributed by atoms with Crippen molar-refractivity contribution in [3.63, 3.8) is 0 Å². The van der Waals surface area contributed by atoms with E-state index in [1.165, 1.54) is 14.2 Å². The van der Waals surface area contributed by atoms with E-state index in [9.17, 15) is 9.59 Å². The van der Waals surface area contributed by atoms with E-state index >= 15 is 0 Å². The predicted molar refractivity (Wildman–Crippen MR) is 67.1 cm³/mol. The fourth-order valence-electron chi connectivity index (χ4n) is 1.47. The lowest BCUT2D eigenvalue weighted by molar-refractivity contribution is -0.142. The van der Waals surface area contributed by atoms with Crippen molar-refractivity contribution in [2.75, 3.05) is 20.8 Å². The summed E-state index contributed by atoms with van der Waals surface area (Å²) in [4.78, 5) is 31.8. The highest BCUT2D eigenvalue weighted by Crippen LogP contribution is 2.07. The minimum absolute atomic E-state index is 0.277. The summed E-state index contributed by atoms with van der Waals surface area (Å²) in [5, 5.41) is 0. The second kappa shape index (κ2) is 8.12. The van der Waals surface area contributed by atoms with E-state index in [1.54, 1.807) is 0 Å². The molecule has 1 rings (SSSR count). The molecule has 0 atom stereocenters. The van der Waals surface area contributed by atoms with Gasteiger partial charge in [0.2, 0.25) is 5.76 Å². The molecule has 0 unspecified atom stereocenters. The zero-order chi connectivity index (χ0) is 14.1. The highest BCUT2D eigenvalue weighted by molar-refractivity contribution is 5.94. The van der Waals surface area contributed by atoms with Crippen molar-refractivity contribution in [3.05, 3.63) is 11.8 Å². The lowest BCUT2D eigenvalue weighted by Crippen LogP contribution is -2.26. The third-order valence-corrected chi connectivity index (χ3v) is 2.49. The quantitative estimate of drug-likeness (QED) is 0.350. The van der Waals surface area contributed by atoms with E-state index in [4.69, 9.17) is 4.84 Å². The Hall–Kier alpha value is -2.05. The van der Waals surface area contributed by atoms with E-state index in [0.29, 0.717) is 5.84 Å². The van der Waals surface area contributed by atoms with Gasteiger partial charge in [0.15, 0.2) is 0 Å². The Bertz CT molecular complexity index is 390. The molecule has 0 saturated heterocycles. The summed E-state index contributed by atoms with van der Waals surface area (Å²) in [5.74, 6) is -1.10. The van der Waals surface area contributed by atoms with Crippen LogP contribution in [0, 0.1) is 0 Å². The fourth-order valence-corrected chi connectivity index (χ4v) is 1.47. The number of rotatable bonds is 4. The van der Waals surface area contributed by atoms with Gasteiger partial charge in [0.05, 0.1) is 20.3 Å². The topological polar surface area (TPSA) is 86.2 Å². The highest BCUT2D eigenvalue weighted by Gasteiger charge is 2.16. The Kier molecular flexibility index (Phi) is 6.42. The van der Waals surface area contributed by atoms with Crippen LogP contribution in [0.1, 0.15) is 25.7 Å². The van der Waals surface area contributed by atoms with Crippen LogP contribution < -0.4 is 5.48 Å². The fraction of sp³-hybridized carbons (Fsp3) is 0.583. The van der Waals surface area contributed by atoms with Gasteiger partial charge < -0.3 is 14.3 Å². The molecular formula is C12H18N2O5. The molecule has 0 aromatic heterocycles. The van der Waals surface area contributed by atoms with Crippen LogP contribution in [0.25, 0.3) is 0 Å². The SMILES string of the molecule is COC(=O)/C=C(/ONC1=NCCCCC1)C(=O)OC. The van der Waals surface area contributed by atoms with Crippen LogP contribution in [-0.4, -0.2) is 38.5 Å². The van der Waals surface area contributed by atoms with Crippen LogP contribution in [-0.2, 0) is 23.9 Å². The van der Waals surface area contributed by atoms with Gasteiger partial charge in [0, 0.05) is 13.0 Å². The summed E-state index contributed by atoms with van der Waals surface area (Å²) in [5.41, 5.74) is 2.58. The number of carbonyl (C=O) groups excluding carboxylic acids is 2.